The second-order valence-corrected chi connectivity index (χ2v) is 2.98. The zero-order valence-corrected chi connectivity index (χ0v) is 9.20. The van der Waals surface area contributed by atoms with Crippen molar-refractivity contribution in [1.29, 1.82) is 0 Å². The maximum absolute atomic E-state index is 11.2. The zero-order chi connectivity index (χ0) is 12.0. The van der Waals surface area contributed by atoms with Crippen LogP contribution in [0.15, 0.2) is 12.3 Å². The van der Waals surface area contributed by atoms with Crippen LogP contribution in [0, 0.1) is 11.8 Å². The SMILES string of the molecule is CNCC#Cc1cc(C(=O)OC)cnc1N. The Morgan fingerprint density at radius 2 is 2.44 bits per heavy atom. The molecule has 0 unspecified atom stereocenters. The molecule has 1 heterocycles. The number of anilines is 1. The van der Waals surface area contributed by atoms with E-state index >= 15 is 0 Å². The normalized spacial score (nSPS) is 9.12. The fourth-order valence-electron chi connectivity index (χ4n) is 1.03. The number of esters is 1. The van der Waals surface area contributed by atoms with Crippen LogP contribution in [-0.2, 0) is 4.74 Å². The minimum absolute atomic E-state index is 0.302. The number of rotatable bonds is 2. The number of hydrogen-bond donors (Lipinski definition) is 2. The van der Waals surface area contributed by atoms with E-state index in [0.29, 0.717) is 23.5 Å². The summed E-state index contributed by atoms with van der Waals surface area (Å²) in [5, 5.41) is 2.88. The van der Waals surface area contributed by atoms with Gasteiger partial charge in [-0.15, -0.1) is 0 Å². The number of carbonyl (C=O) groups excluding carboxylic acids is 1. The third kappa shape index (κ3) is 2.97. The summed E-state index contributed by atoms with van der Waals surface area (Å²) in [5.74, 6) is 5.52. The van der Waals surface area contributed by atoms with E-state index in [0.717, 1.165) is 0 Å². The first kappa shape index (κ1) is 12.0. The topological polar surface area (TPSA) is 77.2 Å². The summed E-state index contributed by atoms with van der Waals surface area (Å²) in [6, 6.07) is 1.57. The van der Waals surface area contributed by atoms with Crippen molar-refractivity contribution in [3.63, 3.8) is 0 Å². The number of nitrogen functional groups attached to an aromatic ring is 1. The number of aromatic nitrogens is 1. The summed E-state index contributed by atoms with van der Waals surface area (Å²) in [6.45, 7) is 0.544. The van der Waals surface area contributed by atoms with Crippen LogP contribution in [0.5, 0.6) is 0 Å². The minimum Gasteiger partial charge on any atom is -0.465 e. The highest BCUT2D eigenvalue weighted by Crippen LogP contribution is 2.10. The first-order valence-corrected chi connectivity index (χ1v) is 4.66. The summed E-state index contributed by atoms with van der Waals surface area (Å²) in [5.41, 5.74) is 6.49. The molecule has 0 saturated carbocycles. The third-order valence-electron chi connectivity index (χ3n) is 1.83. The molecule has 0 aliphatic rings. The second kappa shape index (κ2) is 5.73. The second-order valence-electron chi connectivity index (χ2n) is 2.98. The molecule has 1 rings (SSSR count). The smallest absolute Gasteiger partial charge is 0.339 e. The van der Waals surface area contributed by atoms with Crippen LogP contribution >= 0.6 is 0 Å². The fourth-order valence-corrected chi connectivity index (χ4v) is 1.03. The van der Waals surface area contributed by atoms with Crippen molar-refractivity contribution in [2.45, 2.75) is 0 Å². The van der Waals surface area contributed by atoms with E-state index < -0.39 is 5.97 Å². The van der Waals surface area contributed by atoms with Gasteiger partial charge in [0.25, 0.3) is 0 Å². The Morgan fingerprint density at radius 1 is 1.69 bits per heavy atom. The number of methoxy groups -OCH3 is 1. The lowest BCUT2D eigenvalue weighted by molar-refractivity contribution is 0.0600. The van der Waals surface area contributed by atoms with Crippen molar-refractivity contribution in [2.24, 2.45) is 0 Å². The van der Waals surface area contributed by atoms with Gasteiger partial charge in [0.05, 0.1) is 24.8 Å². The quantitative estimate of drug-likeness (QED) is 0.541. The van der Waals surface area contributed by atoms with Gasteiger partial charge in [-0.1, -0.05) is 11.8 Å². The third-order valence-corrected chi connectivity index (χ3v) is 1.83. The van der Waals surface area contributed by atoms with Gasteiger partial charge in [0.1, 0.15) is 5.82 Å². The monoisotopic (exact) mass is 219 g/mol. The van der Waals surface area contributed by atoms with E-state index in [1.165, 1.54) is 13.3 Å². The largest absolute Gasteiger partial charge is 0.465 e. The summed E-state index contributed by atoms with van der Waals surface area (Å²) < 4.78 is 4.58. The molecule has 0 amide bonds. The number of nitrogens with zero attached hydrogens (tertiary/aromatic N) is 1. The Kier molecular flexibility index (Phi) is 4.30. The molecule has 0 fully saturated rings. The number of pyridine rings is 1. The molecule has 1 aromatic rings. The molecule has 0 radical (unpaired) electrons. The van der Waals surface area contributed by atoms with Crippen LogP contribution in [0.3, 0.4) is 0 Å². The van der Waals surface area contributed by atoms with Crippen LogP contribution in [0.25, 0.3) is 0 Å². The van der Waals surface area contributed by atoms with Crippen LogP contribution in [-0.4, -0.2) is 31.7 Å². The van der Waals surface area contributed by atoms with E-state index in [1.807, 2.05) is 0 Å². The average molecular weight is 219 g/mol. The molecule has 1 aromatic heterocycles. The maximum atomic E-state index is 11.2. The maximum Gasteiger partial charge on any atom is 0.339 e. The van der Waals surface area contributed by atoms with Crippen LogP contribution in [0.4, 0.5) is 5.82 Å². The van der Waals surface area contributed by atoms with Crippen molar-refractivity contribution in [2.75, 3.05) is 26.4 Å². The molecule has 0 aliphatic carbocycles. The fraction of sp³-hybridized carbons (Fsp3) is 0.273. The van der Waals surface area contributed by atoms with Crippen molar-refractivity contribution >= 4 is 11.8 Å². The van der Waals surface area contributed by atoms with E-state index in [9.17, 15) is 4.79 Å². The lowest BCUT2D eigenvalue weighted by Crippen LogP contribution is -2.06. The van der Waals surface area contributed by atoms with Crippen LogP contribution in [0.2, 0.25) is 0 Å². The van der Waals surface area contributed by atoms with E-state index in [-0.39, 0.29) is 0 Å². The van der Waals surface area contributed by atoms with Gasteiger partial charge >= 0.3 is 5.97 Å². The van der Waals surface area contributed by atoms with E-state index in [4.69, 9.17) is 5.73 Å². The molecule has 84 valence electrons. The van der Waals surface area contributed by atoms with E-state index in [2.05, 4.69) is 26.9 Å². The molecule has 0 aliphatic heterocycles. The Hall–Kier alpha value is -2.06. The van der Waals surface area contributed by atoms with Gasteiger partial charge in [-0.3, -0.25) is 0 Å². The Bertz CT molecular complexity index is 446. The molecule has 16 heavy (non-hydrogen) atoms. The van der Waals surface area contributed by atoms with Gasteiger partial charge < -0.3 is 15.8 Å². The molecule has 5 nitrogen and oxygen atoms in total. The van der Waals surface area contributed by atoms with E-state index in [1.54, 1.807) is 13.1 Å². The molecule has 0 aromatic carbocycles. The van der Waals surface area contributed by atoms with Crippen molar-refractivity contribution in [3.8, 4) is 11.8 Å². The lowest BCUT2D eigenvalue weighted by atomic mass is 10.2. The number of carbonyl (C=O) groups is 1. The lowest BCUT2D eigenvalue weighted by Gasteiger charge is -2.01. The molecular formula is C11H13N3O2. The minimum atomic E-state index is -0.454. The summed E-state index contributed by atoms with van der Waals surface area (Å²) in [4.78, 5) is 15.1. The molecule has 0 spiro atoms. The highest BCUT2D eigenvalue weighted by molar-refractivity contribution is 5.89. The molecule has 0 saturated heterocycles. The van der Waals surface area contributed by atoms with Gasteiger partial charge in [-0.05, 0) is 13.1 Å². The Morgan fingerprint density at radius 3 is 3.06 bits per heavy atom. The molecule has 0 bridgehead atoms. The molecule has 0 atom stereocenters. The standard InChI is InChI=1S/C11H13N3O2/c1-13-5-3-4-8-6-9(11(15)16-2)7-14-10(8)12/h6-7,13H,5H2,1-2H3,(H2,12,14). The predicted molar refractivity (Wildman–Crippen MR) is 60.8 cm³/mol. The van der Waals surface area contributed by atoms with Crippen molar-refractivity contribution in [3.05, 3.63) is 23.4 Å². The summed E-state index contributed by atoms with van der Waals surface area (Å²) in [6.07, 6.45) is 1.37. The van der Waals surface area contributed by atoms with Crippen LogP contribution in [0.1, 0.15) is 15.9 Å². The molecule has 3 N–H and O–H groups in total. The van der Waals surface area contributed by atoms with Gasteiger partial charge in [0.15, 0.2) is 0 Å². The highest BCUT2D eigenvalue weighted by Gasteiger charge is 2.07. The van der Waals surface area contributed by atoms with Gasteiger partial charge in [-0.25, -0.2) is 9.78 Å². The first-order chi connectivity index (χ1) is 7.69. The molecular weight excluding hydrogens is 206 g/mol. The number of hydrogen-bond acceptors (Lipinski definition) is 5. The average Bonchev–Trinajstić information content (AvgIpc) is 2.31. The van der Waals surface area contributed by atoms with Gasteiger partial charge in [0.2, 0.25) is 0 Å². The summed E-state index contributed by atoms with van der Waals surface area (Å²) >= 11 is 0. The molecule has 5 heteroatoms. The number of nitrogens with two attached hydrogens (primary N) is 1. The number of ether oxygens (including phenoxy) is 1. The van der Waals surface area contributed by atoms with Gasteiger partial charge in [0, 0.05) is 6.20 Å². The zero-order valence-electron chi connectivity index (χ0n) is 9.20. The highest BCUT2D eigenvalue weighted by atomic mass is 16.5. The van der Waals surface area contributed by atoms with Crippen LogP contribution < -0.4 is 11.1 Å². The number of nitrogens with one attached hydrogen (secondary N) is 1. The van der Waals surface area contributed by atoms with Gasteiger partial charge in [-0.2, -0.15) is 0 Å². The first-order valence-electron chi connectivity index (χ1n) is 4.66. The Balaban J connectivity index is 3.01. The van der Waals surface area contributed by atoms with Crippen molar-refractivity contribution < 1.29 is 9.53 Å². The Labute approximate surface area is 94.0 Å². The predicted octanol–water partition coefficient (Wildman–Crippen LogP) is 0.0213. The van der Waals surface area contributed by atoms with Crippen molar-refractivity contribution in [1.82, 2.24) is 10.3 Å². The summed E-state index contributed by atoms with van der Waals surface area (Å²) in [7, 11) is 3.10.